The van der Waals surface area contributed by atoms with E-state index in [-0.39, 0.29) is 24.0 Å². The van der Waals surface area contributed by atoms with E-state index in [9.17, 15) is 5.11 Å². The van der Waals surface area contributed by atoms with Crippen LogP contribution in [0.25, 0.3) is 0 Å². The molecule has 2 aliphatic rings. The number of aliphatic hydroxyl groups is 1. The van der Waals surface area contributed by atoms with Crippen molar-refractivity contribution in [3.8, 4) is 0 Å². The third kappa shape index (κ3) is 5.06. The molecule has 8 heteroatoms. The number of hydrogen-bond acceptors (Lipinski definition) is 5. The molecule has 0 radical (unpaired) electrons. The Hall–Kier alpha value is -0.870. The molecule has 0 spiro atoms. The topological polar surface area (TPSA) is 77.1 Å². The first-order valence-electron chi connectivity index (χ1n) is 8.48. The first-order valence-corrected chi connectivity index (χ1v) is 8.48. The van der Waals surface area contributed by atoms with Crippen LogP contribution in [-0.4, -0.2) is 71.4 Å². The van der Waals surface area contributed by atoms with Crippen LogP contribution in [0.2, 0.25) is 0 Å². The fourth-order valence-electron chi connectivity index (χ4n) is 3.45. The molecule has 1 aromatic rings. The van der Waals surface area contributed by atoms with Crippen molar-refractivity contribution in [1.82, 2.24) is 20.3 Å². The van der Waals surface area contributed by atoms with Gasteiger partial charge in [0.1, 0.15) is 6.26 Å². The van der Waals surface area contributed by atoms with E-state index in [0.29, 0.717) is 6.54 Å². The number of aromatic nitrogens is 1. The SMILES string of the molecule is CN=C(NCC1(O)CCCC1)N1CCN(Cc2ccon2)CC1.I. The Kier molecular flexibility index (Phi) is 7.30. The summed E-state index contributed by atoms with van der Waals surface area (Å²) in [6.45, 7) is 5.22. The highest BCUT2D eigenvalue weighted by atomic mass is 127. The summed E-state index contributed by atoms with van der Waals surface area (Å²) in [7, 11) is 1.81. The molecule has 2 N–H and O–H groups in total. The minimum Gasteiger partial charge on any atom is -0.388 e. The van der Waals surface area contributed by atoms with Crippen LogP contribution in [0, 0.1) is 0 Å². The lowest BCUT2D eigenvalue weighted by molar-refractivity contribution is 0.0511. The maximum absolute atomic E-state index is 10.5. The third-order valence-corrected chi connectivity index (χ3v) is 4.87. The van der Waals surface area contributed by atoms with Crippen molar-refractivity contribution < 1.29 is 9.63 Å². The van der Waals surface area contributed by atoms with Crippen molar-refractivity contribution in [3.63, 3.8) is 0 Å². The van der Waals surface area contributed by atoms with Gasteiger partial charge in [-0.2, -0.15) is 0 Å². The molecule has 136 valence electrons. The second-order valence-corrected chi connectivity index (χ2v) is 6.59. The van der Waals surface area contributed by atoms with Gasteiger partial charge in [-0.25, -0.2) is 0 Å². The van der Waals surface area contributed by atoms with Crippen molar-refractivity contribution in [2.45, 2.75) is 37.8 Å². The van der Waals surface area contributed by atoms with Gasteiger partial charge in [-0.3, -0.25) is 9.89 Å². The molecule has 2 fully saturated rings. The van der Waals surface area contributed by atoms with E-state index in [1.54, 1.807) is 6.26 Å². The fraction of sp³-hybridized carbons (Fsp3) is 0.750. The fourth-order valence-corrected chi connectivity index (χ4v) is 3.45. The van der Waals surface area contributed by atoms with Crippen LogP contribution < -0.4 is 5.32 Å². The molecule has 0 bridgehead atoms. The van der Waals surface area contributed by atoms with Crippen LogP contribution in [0.4, 0.5) is 0 Å². The highest BCUT2D eigenvalue weighted by Crippen LogP contribution is 2.28. The summed E-state index contributed by atoms with van der Waals surface area (Å²) in [6, 6.07) is 1.91. The maximum atomic E-state index is 10.5. The minimum absolute atomic E-state index is 0. The lowest BCUT2D eigenvalue weighted by atomic mass is 10.0. The average Bonchev–Trinajstić information content (AvgIpc) is 3.22. The van der Waals surface area contributed by atoms with Crippen LogP contribution in [-0.2, 0) is 6.54 Å². The van der Waals surface area contributed by atoms with Gasteiger partial charge in [0.05, 0.1) is 11.3 Å². The Labute approximate surface area is 160 Å². The zero-order valence-corrected chi connectivity index (χ0v) is 16.6. The molecule has 1 aliphatic heterocycles. The van der Waals surface area contributed by atoms with E-state index in [2.05, 4.69) is 25.3 Å². The maximum Gasteiger partial charge on any atom is 0.193 e. The van der Waals surface area contributed by atoms with E-state index in [0.717, 1.165) is 70.1 Å². The van der Waals surface area contributed by atoms with Gasteiger partial charge in [-0.1, -0.05) is 18.0 Å². The van der Waals surface area contributed by atoms with Gasteiger partial charge in [0.15, 0.2) is 5.96 Å². The number of hydrogen-bond donors (Lipinski definition) is 2. The normalized spacial score (nSPS) is 21.6. The molecule has 24 heavy (non-hydrogen) atoms. The summed E-state index contributed by atoms with van der Waals surface area (Å²) in [4.78, 5) is 9.01. The average molecular weight is 449 g/mol. The van der Waals surface area contributed by atoms with Gasteiger partial charge in [-0.15, -0.1) is 24.0 Å². The zero-order chi connectivity index (χ0) is 16.1. The Bertz CT molecular complexity index is 509. The molecule has 2 heterocycles. The summed E-state index contributed by atoms with van der Waals surface area (Å²) < 4.78 is 4.88. The molecule has 1 saturated carbocycles. The lowest BCUT2D eigenvalue weighted by Crippen LogP contribution is -2.54. The Morgan fingerprint density at radius 3 is 2.62 bits per heavy atom. The highest BCUT2D eigenvalue weighted by molar-refractivity contribution is 14.0. The van der Waals surface area contributed by atoms with E-state index in [1.807, 2.05) is 13.1 Å². The van der Waals surface area contributed by atoms with E-state index in [4.69, 9.17) is 4.52 Å². The van der Waals surface area contributed by atoms with Gasteiger partial charge in [0, 0.05) is 52.4 Å². The molecular formula is C16H28IN5O2. The number of piperazine rings is 1. The Morgan fingerprint density at radius 1 is 1.33 bits per heavy atom. The van der Waals surface area contributed by atoms with Crippen LogP contribution in [0.15, 0.2) is 21.8 Å². The molecular weight excluding hydrogens is 421 g/mol. The molecule has 0 amide bonds. The van der Waals surface area contributed by atoms with Crippen molar-refractivity contribution >= 4 is 29.9 Å². The number of nitrogens with zero attached hydrogens (tertiary/aromatic N) is 4. The minimum atomic E-state index is -0.551. The second kappa shape index (κ2) is 9.00. The van der Waals surface area contributed by atoms with Gasteiger partial charge in [-0.05, 0) is 12.8 Å². The third-order valence-electron chi connectivity index (χ3n) is 4.87. The number of aliphatic imine (C=N–C) groups is 1. The monoisotopic (exact) mass is 449 g/mol. The lowest BCUT2D eigenvalue weighted by Gasteiger charge is -2.37. The first-order chi connectivity index (χ1) is 11.2. The summed E-state index contributed by atoms with van der Waals surface area (Å²) in [6.07, 6.45) is 5.64. The molecule has 1 aliphatic carbocycles. The molecule has 3 rings (SSSR count). The summed E-state index contributed by atoms with van der Waals surface area (Å²) in [5.74, 6) is 0.895. The van der Waals surface area contributed by atoms with Crippen LogP contribution in [0.5, 0.6) is 0 Å². The van der Waals surface area contributed by atoms with Crippen molar-refractivity contribution in [3.05, 3.63) is 18.0 Å². The van der Waals surface area contributed by atoms with Gasteiger partial charge in [0.2, 0.25) is 0 Å². The molecule has 0 unspecified atom stereocenters. The highest BCUT2D eigenvalue weighted by Gasteiger charge is 2.31. The molecule has 0 atom stereocenters. The standard InChI is InChI=1S/C16H27N5O2.HI/c1-17-15(18-13-16(22)5-2-3-6-16)21-9-7-20(8-10-21)12-14-4-11-23-19-14;/h4,11,22H,2-3,5-10,12-13H2,1H3,(H,17,18);1H. The number of halogens is 1. The first kappa shape index (κ1) is 19.5. The predicted octanol–water partition coefficient (Wildman–Crippen LogP) is 1.29. The number of nitrogens with one attached hydrogen (secondary N) is 1. The molecule has 1 saturated heterocycles. The van der Waals surface area contributed by atoms with Gasteiger partial charge >= 0.3 is 0 Å². The quantitative estimate of drug-likeness (QED) is 0.410. The smallest absolute Gasteiger partial charge is 0.193 e. The van der Waals surface area contributed by atoms with E-state index < -0.39 is 5.60 Å². The zero-order valence-electron chi connectivity index (χ0n) is 14.3. The molecule has 7 nitrogen and oxygen atoms in total. The second-order valence-electron chi connectivity index (χ2n) is 6.59. The van der Waals surface area contributed by atoms with Gasteiger partial charge < -0.3 is 19.8 Å². The van der Waals surface area contributed by atoms with Crippen LogP contribution in [0.1, 0.15) is 31.4 Å². The number of guanidine groups is 1. The van der Waals surface area contributed by atoms with Crippen molar-refractivity contribution in [2.75, 3.05) is 39.8 Å². The van der Waals surface area contributed by atoms with Crippen LogP contribution >= 0.6 is 24.0 Å². The summed E-state index contributed by atoms with van der Waals surface area (Å²) in [5, 5.41) is 17.8. The Balaban J connectivity index is 0.00000208. The van der Waals surface area contributed by atoms with E-state index >= 15 is 0 Å². The molecule has 1 aromatic heterocycles. The van der Waals surface area contributed by atoms with Crippen LogP contribution in [0.3, 0.4) is 0 Å². The largest absolute Gasteiger partial charge is 0.388 e. The van der Waals surface area contributed by atoms with Crippen molar-refractivity contribution in [2.24, 2.45) is 4.99 Å². The van der Waals surface area contributed by atoms with Gasteiger partial charge in [0.25, 0.3) is 0 Å². The summed E-state index contributed by atoms with van der Waals surface area (Å²) in [5.41, 5.74) is 0.425. The number of rotatable bonds is 4. The summed E-state index contributed by atoms with van der Waals surface area (Å²) >= 11 is 0. The van der Waals surface area contributed by atoms with E-state index in [1.165, 1.54) is 0 Å². The Morgan fingerprint density at radius 2 is 2.04 bits per heavy atom. The van der Waals surface area contributed by atoms with Crippen molar-refractivity contribution in [1.29, 1.82) is 0 Å². The molecule has 0 aromatic carbocycles. The predicted molar refractivity (Wildman–Crippen MR) is 104 cm³/mol.